The van der Waals surface area contributed by atoms with Crippen LogP contribution in [0.1, 0.15) is 5.69 Å². The number of aliphatic carboxylic acids is 1. The van der Waals surface area contributed by atoms with Gasteiger partial charge >= 0.3 is 12.0 Å². The van der Waals surface area contributed by atoms with Crippen molar-refractivity contribution >= 4 is 17.7 Å². The molecule has 0 aliphatic carbocycles. The fraction of sp³-hybridized carbons (Fsp3) is 0.214. The second-order valence-electron chi connectivity index (χ2n) is 4.37. The van der Waals surface area contributed by atoms with Crippen LogP contribution in [0.2, 0.25) is 0 Å². The Kier molecular flexibility index (Phi) is 4.92. The van der Waals surface area contributed by atoms with Gasteiger partial charge in [-0.15, -0.1) is 0 Å². The molecule has 110 valence electrons. The molecule has 21 heavy (non-hydrogen) atoms. The van der Waals surface area contributed by atoms with E-state index >= 15 is 0 Å². The summed E-state index contributed by atoms with van der Waals surface area (Å²) in [6.45, 7) is 0.00385. The monoisotopic (exact) mass is 288 g/mol. The third kappa shape index (κ3) is 4.34. The maximum Gasteiger partial charge on any atom is 0.323 e. The molecule has 0 aliphatic rings. The molecule has 2 rings (SSSR count). The molecule has 0 unspecified atom stereocenters. The Morgan fingerprint density at radius 1 is 1.29 bits per heavy atom. The standard InChI is InChI=1S/C14H16N4O3/c19-13(20)9-18(12-4-2-1-3-5-12)14(21)16-7-6-11-8-15-10-17-11/h1-5,8,10H,6-7,9H2,(H,15,17)(H,16,21)(H,19,20). The predicted molar refractivity (Wildman–Crippen MR) is 77.1 cm³/mol. The highest BCUT2D eigenvalue weighted by atomic mass is 16.4. The highest BCUT2D eigenvalue weighted by Crippen LogP contribution is 2.12. The van der Waals surface area contributed by atoms with Crippen LogP contribution in [0, 0.1) is 0 Å². The summed E-state index contributed by atoms with van der Waals surface area (Å²) in [6.07, 6.45) is 3.84. The normalized spacial score (nSPS) is 10.1. The van der Waals surface area contributed by atoms with Crippen LogP contribution >= 0.6 is 0 Å². The van der Waals surface area contributed by atoms with Gasteiger partial charge in [-0.05, 0) is 12.1 Å². The molecule has 0 saturated carbocycles. The van der Waals surface area contributed by atoms with E-state index in [2.05, 4.69) is 15.3 Å². The SMILES string of the molecule is O=C(O)CN(C(=O)NCCc1cnc[nH]1)c1ccccc1. The summed E-state index contributed by atoms with van der Waals surface area (Å²) in [6, 6.07) is 8.25. The number of amides is 2. The van der Waals surface area contributed by atoms with Crippen LogP contribution in [-0.4, -0.2) is 40.2 Å². The summed E-state index contributed by atoms with van der Waals surface area (Å²) >= 11 is 0. The highest BCUT2D eigenvalue weighted by Gasteiger charge is 2.18. The number of carbonyl (C=O) groups is 2. The van der Waals surface area contributed by atoms with Crippen molar-refractivity contribution in [2.24, 2.45) is 0 Å². The lowest BCUT2D eigenvalue weighted by molar-refractivity contribution is -0.135. The van der Waals surface area contributed by atoms with Crippen LogP contribution in [0.4, 0.5) is 10.5 Å². The number of urea groups is 1. The molecular formula is C14H16N4O3. The quantitative estimate of drug-likeness (QED) is 0.745. The van der Waals surface area contributed by atoms with Gasteiger partial charge in [0.2, 0.25) is 0 Å². The number of imidazole rings is 1. The first-order valence-corrected chi connectivity index (χ1v) is 6.46. The fourth-order valence-corrected chi connectivity index (χ4v) is 1.84. The van der Waals surface area contributed by atoms with E-state index in [1.807, 2.05) is 0 Å². The molecule has 0 saturated heterocycles. The van der Waals surface area contributed by atoms with Crippen LogP contribution in [0.5, 0.6) is 0 Å². The second-order valence-corrected chi connectivity index (χ2v) is 4.37. The minimum atomic E-state index is -1.07. The van der Waals surface area contributed by atoms with E-state index in [0.29, 0.717) is 18.7 Å². The minimum absolute atomic E-state index is 0.389. The van der Waals surface area contributed by atoms with E-state index in [1.165, 1.54) is 4.90 Å². The predicted octanol–water partition coefficient (Wildman–Crippen LogP) is 1.25. The van der Waals surface area contributed by atoms with Gasteiger partial charge in [-0.1, -0.05) is 18.2 Å². The summed E-state index contributed by atoms with van der Waals surface area (Å²) in [5.74, 6) is -1.07. The van der Waals surface area contributed by atoms with Crippen LogP contribution in [0.15, 0.2) is 42.9 Å². The molecule has 0 fully saturated rings. The topological polar surface area (TPSA) is 98.3 Å². The summed E-state index contributed by atoms with van der Waals surface area (Å²) in [5, 5.41) is 11.6. The molecule has 7 heteroatoms. The van der Waals surface area contributed by atoms with Crippen LogP contribution in [-0.2, 0) is 11.2 Å². The average Bonchev–Trinajstić information content (AvgIpc) is 2.98. The van der Waals surface area contributed by atoms with Crippen molar-refractivity contribution in [2.75, 3.05) is 18.0 Å². The van der Waals surface area contributed by atoms with Crippen LogP contribution in [0.25, 0.3) is 0 Å². The lowest BCUT2D eigenvalue weighted by Crippen LogP contribution is -2.43. The summed E-state index contributed by atoms with van der Waals surface area (Å²) < 4.78 is 0. The van der Waals surface area contributed by atoms with Gasteiger partial charge in [0.05, 0.1) is 6.33 Å². The molecule has 1 heterocycles. The molecule has 1 aromatic heterocycles. The van der Waals surface area contributed by atoms with Crippen LogP contribution < -0.4 is 10.2 Å². The third-order valence-corrected chi connectivity index (χ3v) is 2.83. The van der Waals surface area contributed by atoms with Crippen molar-refractivity contribution in [3.8, 4) is 0 Å². The van der Waals surface area contributed by atoms with Crippen molar-refractivity contribution in [1.29, 1.82) is 0 Å². The number of H-pyrrole nitrogens is 1. The van der Waals surface area contributed by atoms with E-state index in [1.54, 1.807) is 42.9 Å². The molecule has 3 N–H and O–H groups in total. The zero-order chi connectivity index (χ0) is 15.1. The first kappa shape index (κ1) is 14.6. The van der Waals surface area contributed by atoms with E-state index in [-0.39, 0.29) is 6.54 Å². The first-order valence-electron chi connectivity index (χ1n) is 6.46. The molecule has 7 nitrogen and oxygen atoms in total. The van der Waals surface area contributed by atoms with Crippen molar-refractivity contribution in [3.63, 3.8) is 0 Å². The van der Waals surface area contributed by atoms with Gasteiger partial charge in [0.15, 0.2) is 0 Å². The fourth-order valence-electron chi connectivity index (χ4n) is 1.84. The summed E-state index contributed by atoms with van der Waals surface area (Å²) in [7, 11) is 0. The maximum atomic E-state index is 12.1. The molecule has 0 aliphatic heterocycles. The van der Waals surface area contributed by atoms with Crippen LogP contribution in [0.3, 0.4) is 0 Å². The number of rotatable bonds is 6. The number of para-hydroxylation sites is 1. The Labute approximate surface area is 121 Å². The largest absolute Gasteiger partial charge is 0.480 e. The van der Waals surface area contributed by atoms with Crippen molar-refractivity contribution < 1.29 is 14.7 Å². The number of anilines is 1. The van der Waals surface area contributed by atoms with Crippen molar-refractivity contribution in [3.05, 3.63) is 48.5 Å². The zero-order valence-corrected chi connectivity index (χ0v) is 11.3. The Balaban J connectivity index is 1.96. The Morgan fingerprint density at radius 3 is 2.67 bits per heavy atom. The Bertz CT molecular complexity index is 584. The Hall–Kier alpha value is -2.83. The number of nitrogens with zero attached hydrogens (tertiary/aromatic N) is 2. The number of aromatic nitrogens is 2. The molecule has 0 bridgehead atoms. The maximum absolute atomic E-state index is 12.1. The van der Waals surface area contributed by atoms with E-state index in [9.17, 15) is 9.59 Å². The van der Waals surface area contributed by atoms with Gasteiger partial charge in [0.25, 0.3) is 0 Å². The number of carbonyl (C=O) groups excluding carboxylic acids is 1. The van der Waals surface area contributed by atoms with Gasteiger partial charge in [0.1, 0.15) is 6.54 Å². The molecular weight excluding hydrogens is 272 g/mol. The average molecular weight is 288 g/mol. The number of hydrogen-bond donors (Lipinski definition) is 3. The van der Waals surface area contributed by atoms with E-state index in [0.717, 1.165) is 5.69 Å². The summed E-state index contributed by atoms with van der Waals surface area (Å²) in [4.78, 5) is 31.1. The highest BCUT2D eigenvalue weighted by molar-refractivity contribution is 5.96. The molecule has 0 atom stereocenters. The second kappa shape index (κ2) is 7.09. The molecule has 0 spiro atoms. The molecule has 2 aromatic rings. The molecule has 1 aromatic carbocycles. The lowest BCUT2D eigenvalue weighted by atomic mass is 10.3. The number of carboxylic acid groups (broad SMARTS) is 1. The number of hydrogen-bond acceptors (Lipinski definition) is 3. The third-order valence-electron chi connectivity index (χ3n) is 2.83. The van der Waals surface area contributed by atoms with Gasteiger partial charge in [-0.25, -0.2) is 9.78 Å². The van der Waals surface area contributed by atoms with Gasteiger partial charge < -0.3 is 15.4 Å². The molecule has 0 radical (unpaired) electrons. The number of aromatic amines is 1. The van der Waals surface area contributed by atoms with Gasteiger partial charge in [-0.2, -0.15) is 0 Å². The minimum Gasteiger partial charge on any atom is -0.480 e. The van der Waals surface area contributed by atoms with E-state index in [4.69, 9.17) is 5.11 Å². The lowest BCUT2D eigenvalue weighted by Gasteiger charge is -2.21. The Morgan fingerprint density at radius 2 is 2.05 bits per heavy atom. The van der Waals surface area contributed by atoms with Crippen molar-refractivity contribution in [2.45, 2.75) is 6.42 Å². The smallest absolute Gasteiger partial charge is 0.323 e. The van der Waals surface area contributed by atoms with E-state index < -0.39 is 12.0 Å². The van der Waals surface area contributed by atoms with Gasteiger partial charge in [-0.3, -0.25) is 9.69 Å². The molecule has 2 amide bonds. The number of benzene rings is 1. The number of nitrogens with one attached hydrogen (secondary N) is 2. The first-order chi connectivity index (χ1) is 10.2. The van der Waals surface area contributed by atoms with Crippen molar-refractivity contribution in [1.82, 2.24) is 15.3 Å². The summed E-state index contributed by atoms with van der Waals surface area (Å²) in [5.41, 5.74) is 1.44. The zero-order valence-electron chi connectivity index (χ0n) is 11.3. The van der Waals surface area contributed by atoms with Gasteiger partial charge in [0, 0.05) is 30.5 Å². The number of carboxylic acids is 1.